The maximum absolute atomic E-state index is 11.8. The molecule has 126 valence electrons. The minimum Gasteiger partial charge on any atom is -0.444 e. The third kappa shape index (κ3) is 7.85. The molecule has 0 fully saturated rings. The molecule has 0 aliphatic rings. The number of hydrogen-bond donors (Lipinski definition) is 3. The van der Waals surface area contributed by atoms with Crippen molar-refractivity contribution in [1.82, 2.24) is 10.6 Å². The SMILES string of the molecule is CC(C)(C)OC(=O)NCC(=O)N[C@@H](Cc1ccccc1)C(N)=O. The Labute approximate surface area is 135 Å². The molecule has 0 aliphatic heterocycles. The van der Waals surface area contributed by atoms with E-state index in [0.717, 1.165) is 5.56 Å². The Morgan fingerprint density at radius 3 is 2.30 bits per heavy atom. The van der Waals surface area contributed by atoms with Crippen LogP contribution in [-0.4, -0.2) is 36.1 Å². The zero-order chi connectivity index (χ0) is 17.5. The van der Waals surface area contributed by atoms with E-state index in [-0.39, 0.29) is 13.0 Å². The van der Waals surface area contributed by atoms with Crippen LogP contribution in [0.2, 0.25) is 0 Å². The van der Waals surface area contributed by atoms with Crippen LogP contribution >= 0.6 is 0 Å². The fourth-order valence-corrected chi connectivity index (χ4v) is 1.78. The molecule has 0 aromatic heterocycles. The first-order chi connectivity index (χ1) is 10.7. The molecule has 7 heteroatoms. The number of hydrogen-bond acceptors (Lipinski definition) is 4. The number of carbonyl (C=O) groups is 3. The topological polar surface area (TPSA) is 111 Å². The Morgan fingerprint density at radius 1 is 1.17 bits per heavy atom. The van der Waals surface area contributed by atoms with Gasteiger partial charge in [0.05, 0.1) is 0 Å². The summed E-state index contributed by atoms with van der Waals surface area (Å²) in [7, 11) is 0. The Hall–Kier alpha value is -2.57. The van der Waals surface area contributed by atoms with Crippen molar-refractivity contribution in [2.75, 3.05) is 6.54 Å². The predicted octanol–water partition coefficient (Wildman–Crippen LogP) is 0.724. The molecule has 1 atom stereocenters. The van der Waals surface area contributed by atoms with E-state index in [0.29, 0.717) is 0 Å². The molecule has 1 aromatic carbocycles. The molecule has 7 nitrogen and oxygen atoms in total. The molecular weight excluding hydrogens is 298 g/mol. The molecule has 1 rings (SSSR count). The van der Waals surface area contributed by atoms with Gasteiger partial charge in [-0.25, -0.2) is 4.79 Å². The summed E-state index contributed by atoms with van der Waals surface area (Å²) in [6.45, 7) is 4.86. The summed E-state index contributed by atoms with van der Waals surface area (Å²) >= 11 is 0. The second-order valence-electron chi connectivity index (χ2n) is 6.07. The van der Waals surface area contributed by atoms with Crippen molar-refractivity contribution >= 4 is 17.9 Å². The molecule has 23 heavy (non-hydrogen) atoms. The van der Waals surface area contributed by atoms with Crippen molar-refractivity contribution < 1.29 is 19.1 Å². The fourth-order valence-electron chi connectivity index (χ4n) is 1.78. The highest BCUT2D eigenvalue weighted by Crippen LogP contribution is 2.06. The van der Waals surface area contributed by atoms with Gasteiger partial charge in [-0.1, -0.05) is 30.3 Å². The number of carbonyl (C=O) groups excluding carboxylic acids is 3. The second kappa shape index (κ2) is 8.17. The zero-order valence-electron chi connectivity index (χ0n) is 13.6. The van der Waals surface area contributed by atoms with Gasteiger partial charge in [-0.3, -0.25) is 9.59 Å². The predicted molar refractivity (Wildman–Crippen MR) is 85.5 cm³/mol. The Kier molecular flexibility index (Phi) is 6.56. The van der Waals surface area contributed by atoms with E-state index >= 15 is 0 Å². The van der Waals surface area contributed by atoms with Crippen molar-refractivity contribution in [3.8, 4) is 0 Å². The van der Waals surface area contributed by atoms with Gasteiger partial charge in [-0.05, 0) is 26.3 Å². The number of ether oxygens (including phenoxy) is 1. The van der Waals surface area contributed by atoms with Crippen molar-refractivity contribution in [3.05, 3.63) is 35.9 Å². The number of nitrogens with one attached hydrogen (secondary N) is 2. The van der Waals surface area contributed by atoms with Crippen LogP contribution in [0.3, 0.4) is 0 Å². The lowest BCUT2D eigenvalue weighted by Gasteiger charge is -2.20. The number of benzene rings is 1. The average Bonchev–Trinajstić information content (AvgIpc) is 2.43. The van der Waals surface area contributed by atoms with E-state index in [2.05, 4.69) is 10.6 Å². The van der Waals surface area contributed by atoms with Gasteiger partial charge in [0.25, 0.3) is 0 Å². The summed E-state index contributed by atoms with van der Waals surface area (Å²) in [5, 5.41) is 4.82. The Bertz CT molecular complexity index is 552. The molecule has 0 radical (unpaired) electrons. The van der Waals surface area contributed by atoms with E-state index < -0.39 is 29.6 Å². The molecule has 0 heterocycles. The van der Waals surface area contributed by atoms with Crippen LogP contribution in [0.5, 0.6) is 0 Å². The van der Waals surface area contributed by atoms with E-state index in [9.17, 15) is 14.4 Å². The van der Waals surface area contributed by atoms with Gasteiger partial charge in [-0.15, -0.1) is 0 Å². The molecule has 0 spiro atoms. The molecular formula is C16H23N3O4. The first-order valence-electron chi connectivity index (χ1n) is 7.27. The molecule has 0 bridgehead atoms. The number of rotatable bonds is 6. The maximum atomic E-state index is 11.8. The van der Waals surface area contributed by atoms with Crippen molar-refractivity contribution in [1.29, 1.82) is 0 Å². The van der Waals surface area contributed by atoms with Gasteiger partial charge in [0, 0.05) is 6.42 Å². The van der Waals surface area contributed by atoms with E-state index in [1.165, 1.54) is 0 Å². The molecule has 4 N–H and O–H groups in total. The van der Waals surface area contributed by atoms with Crippen molar-refractivity contribution in [2.45, 2.75) is 38.8 Å². The van der Waals surface area contributed by atoms with Crippen molar-refractivity contribution in [2.24, 2.45) is 5.73 Å². The van der Waals surface area contributed by atoms with Crippen LogP contribution in [0.4, 0.5) is 4.79 Å². The number of nitrogens with two attached hydrogens (primary N) is 1. The summed E-state index contributed by atoms with van der Waals surface area (Å²) in [4.78, 5) is 34.8. The second-order valence-corrected chi connectivity index (χ2v) is 6.07. The Balaban J connectivity index is 2.49. The van der Waals surface area contributed by atoms with Crippen LogP contribution in [0.25, 0.3) is 0 Å². The van der Waals surface area contributed by atoms with Crippen LogP contribution < -0.4 is 16.4 Å². The standard InChI is InChI=1S/C16H23N3O4/c1-16(2,3)23-15(22)18-10-13(20)19-12(14(17)21)9-11-7-5-4-6-8-11/h4-8,12H,9-10H2,1-3H3,(H2,17,21)(H,18,22)(H,19,20)/t12-/m0/s1. The first-order valence-corrected chi connectivity index (χ1v) is 7.27. The highest BCUT2D eigenvalue weighted by molar-refractivity contribution is 5.88. The van der Waals surface area contributed by atoms with E-state index in [1.54, 1.807) is 20.8 Å². The lowest BCUT2D eigenvalue weighted by Crippen LogP contribution is -2.49. The quantitative estimate of drug-likeness (QED) is 0.717. The van der Waals surface area contributed by atoms with E-state index in [4.69, 9.17) is 10.5 Å². The summed E-state index contributed by atoms with van der Waals surface area (Å²) in [5.41, 5.74) is 5.53. The van der Waals surface area contributed by atoms with Crippen LogP contribution in [0, 0.1) is 0 Å². The molecule has 0 saturated carbocycles. The van der Waals surface area contributed by atoms with Crippen LogP contribution in [0.15, 0.2) is 30.3 Å². The smallest absolute Gasteiger partial charge is 0.408 e. The number of primary amides is 1. The minimum atomic E-state index is -0.842. The maximum Gasteiger partial charge on any atom is 0.408 e. The van der Waals surface area contributed by atoms with Gasteiger partial charge in [0.1, 0.15) is 18.2 Å². The largest absolute Gasteiger partial charge is 0.444 e. The highest BCUT2D eigenvalue weighted by atomic mass is 16.6. The molecule has 3 amide bonds. The first kappa shape index (κ1) is 18.5. The van der Waals surface area contributed by atoms with Gasteiger partial charge in [0.15, 0.2) is 0 Å². The third-order valence-corrected chi connectivity index (χ3v) is 2.75. The lowest BCUT2D eigenvalue weighted by molar-refractivity contribution is -0.126. The fraction of sp³-hybridized carbons (Fsp3) is 0.438. The molecule has 0 aliphatic carbocycles. The average molecular weight is 321 g/mol. The highest BCUT2D eigenvalue weighted by Gasteiger charge is 2.20. The summed E-state index contributed by atoms with van der Waals surface area (Å²) in [5.74, 6) is -1.16. The summed E-state index contributed by atoms with van der Waals surface area (Å²) < 4.78 is 5.01. The van der Waals surface area contributed by atoms with Gasteiger partial charge in [-0.2, -0.15) is 0 Å². The monoisotopic (exact) mass is 321 g/mol. The van der Waals surface area contributed by atoms with E-state index in [1.807, 2.05) is 30.3 Å². The van der Waals surface area contributed by atoms with Gasteiger partial charge in [0.2, 0.25) is 11.8 Å². The molecule has 0 saturated heterocycles. The normalized spacial score (nSPS) is 12.1. The summed E-state index contributed by atoms with van der Waals surface area (Å²) in [6.07, 6.45) is -0.416. The lowest BCUT2D eigenvalue weighted by atomic mass is 10.1. The number of amides is 3. The van der Waals surface area contributed by atoms with Crippen LogP contribution in [0.1, 0.15) is 26.3 Å². The van der Waals surface area contributed by atoms with Gasteiger partial charge < -0.3 is 21.1 Å². The van der Waals surface area contributed by atoms with Gasteiger partial charge >= 0.3 is 6.09 Å². The van der Waals surface area contributed by atoms with Crippen LogP contribution in [-0.2, 0) is 20.7 Å². The van der Waals surface area contributed by atoms with Crippen molar-refractivity contribution in [3.63, 3.8) is 0 Å². The summed E-state index contributed by atoms with van der Waals surface area (Å²) in [6, 6.07) is 8.34. The molecule has 1 aromatic rings. The molecule has 0 unspecified atom stereocenters. The zero-order valence-corrected chi connectivity index (χ0v) is 13.6. The third-order valence-electron chi connectivity index (χ3n) is 2.75. The Morgan fingerprint density at radius 2 is 1.78 bits per heavy atom. The minimum absolute atomic E-state index is 0.286. The number of alkyl carbamates (subject to hydrolysis) is 1.